The number of hydrogen-bond donors (Lipinski definition) is 2. The fourth-order valence-corrected chi connectivity index (χ4v) is 4.02. The molecule has 2 aromatic rings. The lowest BCUT2D eigenvalue weighted by molar-refractivity contribution is -0.121. The summed E-state index contributed by atoms with van der Waals surface area (Å²) in [7, 11) is 0. The molecule has 1 aliphatic heterocycles. The van der Waals surface area contributed by atoms with Gasteiger partial charge in [-0.3, -0.25) is 9.69 Å². The van der Waals surface area contributed by atoms with Crippen LogP contribution in [0.4, 0.5) is 0 Å². The lowest BCUT2D eigenvalue weighted by Gasteiger charge is -2.32. The Balaban J connectivity index is 0.00000169. The van der Waals surface area contributed by atoms with Crippen molar-refractivity contribution < 1.29 is 4.79 Å². The minimum absolute atomic E-state index is 0. The number of rotatable bonds is 6. The van der Waals surface area contributed by atoms with E-state index >= 15 is 0 Å². The molecule has 0 fully saturated rings. The molecule has 7 heteroatoms. The quantitative estimate of drug-likeness (QED) is 0.757. The molecular weight excluding hydrogens is 389 g/mol. The third-order valence-electron chi connectivity index (χ3n) is 4.69. The number of carbonyl (C=O) groups excluding carboxylic acids is 1. The molecule has 2 atom stereocenters. The predicted molar refractivity (Wildman–Crippen MR) is 113 cm³/mol. The molecule has 26 heavy (non-hydrogen) atoms. The average Bonchev–Trinajstić information content (AvgIpc) is 3.08. The summed E-state index contributed by atoms with van der Waals surface area (Å²) in [5.74, 6) is 0.0198. The van der Waals surface area contributed by atoms with E-state index in [1.807, 2.05) is 41.7 Å². The smallest absolute Gasteiger partial charge is 0.221 e. The molecule has 144 valence electrons. The molecule has 0 spiro atoms. The van der Waals surface area contributed by atoms with Gasteiger partial charge in [-0.05, 0) is 35.9 Å². The topological polar surface area (TPSA) is 58.4 Å². The lowest BCUT2D eigenvalue weighted by atomic mass is 10.0. The molecule has 1 aromatic heterocycles. The number of benzene rings is 1. The van der Waals surface area contributed by atoms with Gasteiger partial charge in [0, 0.05) is 43.0 Å². The van der Waals surface area contributed by atoms with Crippen molar-refractivity contribution in [1.82, 2.24) is 10.2 Å². The second kappa shape index (κ2) is 10.9. The van der Waals surface area contributed by atoms with Gasteiger partial charge in [-0.25, -0.2) is 0 Å². The first-order valence-corrected chi connectivity index (χ1v) is 9.38. The van der Waals surface area contributed by atoms with Crippen LogP contribution in [0.15, 0.2) is 41.8 Å². The van der Waals surface area contributed by atoms with E-state index < -0.39 is 0 Å². The fourth-order valence-electron chi connectivity index (χ4n) is 3.13. The summed E-state index contributed by atoms with van der Waals surface area (Å²) >= 11 is 1.85. The standard InChI is InChI=1S/C19H25N3OS.2ClH/c1-14(22-9-7-18-16(13-22)8-10-24-18)12-21-19(23)11-17(20)15-5-3-2-4-6-15;;/h2-6,8,10,14,17H,7,9,11-13,20H2,1H3,(H,21,23);2*1H. The average molecular weight is 416 g/mol. The molecule has 1 aromatic carbocycles. The van der Waals surface area contributed by atoms with E-state index in [0.717, 1.165) is 25.1 Å². The van der Waals surface area contributed by atoms with Crippen LogP contribution < -0.4 is 11.1 Å². The summed E-state index contributed by atoms with van der Waals surface area (Å²) < 4.78 is 0. The van der Waals surface area contributed by atoms with Gasteiger partial charge in [0.1, 0.15) is 0 Å². The van der Waals surface area contributed by atoms with Crippen molar-refractivity contribution in [3.63, 3.8) is 0 Å². The molecular formula is C19H27Cl2N3OS. The van der Waals surface area contributed by atoms with Crippen LogP contribution in [0.2, 0.25) is 0 Å². The highest BCUT2D eigenvalue weighted by Crippen LogP contribution is 2.25. The number of nitrogens with two attached hydrogens (primary N) is 1. The molecule has 4 nitrogen and oxygen atoms in total. The molecule has 3 N–H and O–H groups in total. The van der Waals surface area contributed by atoms with Crippen molar-refractivity contribution in [1.29, 1.82) is 0 Å². The van der Waals surface area contributed by atoms with Gasteiger partial charge in [-0.2, -0.15) is 0 Å². The second-order valence-corrected chi connectivity index (χ2v) is 7.46. The number of amides is 1. The van der Waals surface area contributed by atoms with Gasteiger partial charge in [-0.15, -0.1) is 36.2 Å². The molecule has 0 radical (unpaired) electrons. The first-order chi connectivity index (χ1) is 11.6. The molecule has 0 bridgehead atoms. The largest absolute Gasteiger partial charge is 0.354 e. The minimum atomic E-state index is -0.246. The zero-order chi connectivity index (χ0) is 16.9. The van der Waals surface area contributed by atoms with E-state index in [0.29, 0.717) is 19.0 Å². The van der Waals surface area contributed by atoms with Gasteiger partial charge in [0.25, 0.3) is 0 Å². The Kier molecular flexibility index (Phi) is 9.61. The second-order valence-electron chi connectivity index (χ2n) is 6.46. The van der Waals surface area contributed by atoms with E-state index in [1.165, 1.54) is 10.4 Å². The van der Waals surface area contributed by atoms with Gasteiger partial charge in [-0.1, -0.05) is 30.3 Å². The van der Waals surface area contributed by atoms with E-state index in [9.17, 15) is 4.79 Å². The van der Waals surface area contributed by atoms with Gasteiger partial charge in [0.15, 0.2) is 0 Å². The predicted octanol–water partition coefficient (Wildman–Crippen LogP) is 3.54. The maximum Gasteiger partial charge on any atom is 0.221 e. The number of halogens is 2. The highest BCUT2D eigenvalue weighted by Gasteiger charge is 2.22. The SMILES string of the molecule is CC(CNC(=O)CC(N)c1ccccc1)N1CCc2sccc2C1.Cl.Cl. The number of thiophene rings is 1. The zero-order valence-electron chi connectivity index (χ0n) is 14.9. The van der Waals surface area contributed by atoms with E-state index in [-0.39, 0.29) is 36.8 Å². The highest BCUT2D eigenvalue weighted by molar-refractivity contribution is 7.10. The number of nitrogens with one attached hydrogen (secondary N) is 1. The van der Waals surface area contributed by atoms with Crippen molar-refractivity contribution in [3.8, 4) is 0 Å². The number of carbonyl (C=O) groups is 1. The van der Waals surface area contributed by atoms with E-state index in [1.54, 1.807) is 0 Å². The molecule has 0 saturated heterocycles. The number of nitrogens with zero attached hydrogens (tertiary/aromatic N) is 1. The van der Waals surface area contributed by atoms with Gasteiger partial charge in [0.05, 0.1) is 0 Å². The monoisotopic (exact) mass is 415 g/mol. The Morgan fingerprint density at radius 2 is 2.00 bits per heavy atom. The third kappa shape index (κ3) is 5.96. The Labute approximate surface area is 172 Å². The van der Waals surface area contributed by atoms with Crippen LogP contribution in [-0.2, 0) is 17.8 Å². The van der Waals surface area contributed by atoms with Gasteiger partial charge in [0.2, 0.25) is 5.91 Å². The first-order valence-electron chi connectivity index (χ1n) is 8.50. The summed E-state index contributed by atoms with van der Waals surface area (Å²) in [6, 6.07) is 12.1. The van der Waals surface area contributed by atoms with Crippen LogP contribution in [-0.4, -0.2) is 29.9 Å². The Bertz CT molecular complexity index is 680. The Hall–Kier alpha value is -1.11. The summed E-state index contributed by atoms with van der Waals surface area (Å²) in [5.41, 5.74) is 8.56. The molecule has 0 aliphatic carbocycles. The molecule has 1 amide bonds. The zero-order valence-corrected chi connectivity index (χ0v) is 17.3. The van der Waals surface area contributed by atoms with Crippen LogP contribution in [0.1, 0.15) is 35.4 Å². The van der Waals surface area contributed by atoms with Crippen LogP contribution in [0.25, 0.3) is 0 Å². The third-order valence-corrected chi connectivity index (χ3v) is 5.71. The summed E-state index contributed by atoms with van der Waals surface area (Å²) in [4.78, 5) is 16.1. The number of hydrogen-bond acceptors (Lipinski definition) is 4. The molecule has 3 rings (SSSR count). The summed E-state index contributed by atoms with van der Waals surface area (Å²) in [5, 5.41) is 5.21. The minimum Gasteiger partial charge on any atom is -0.354 e. The Morgan fingerprint density at radius 3 is 2.73 bits per heavy atom. The van der Waals surface area contributed by atoms with Crippen molar-refractivity contribution in [3.05, 3.63) is 57.8 Å². The van der Waals surface area contributed by atoms with Crippen LogP contribution >= 0.6 is 36.2 Å². The van der Waals surface area contributed by atoms with Crippen LogP contribution in [0.5, 0.6) is 0 Å². The summed E-state index contributed by atoms with van der Waals surface area (Å²) in [6.07, 6.45) is 1.44. The van der Waals surface area contributed by atoms with Crippen LogP contribution in [0.3, 0.4) is 0 Å². The van der Waals surface area contributed by atoms with Gasteiger partial charge >= 0.3 is 0 Å². The van der Waals surface area contributed by atoms with E-state index in [2.05, 4.69) is 28.6 Å². The normalized spacial score (nSPS) is 15.8. The first kappa shape index (κ1) is 22.9. The van der Waals surface area contributed by atoms with Gasteiger partial charge < -0.3 is 11.1 Å². The maximum absolute atomic E-state index is 12.2. The lowest BCUT2D eigenvalue weighted by Crippen LogP contribution is -2.44. The Morgan fingerprint density at radius 1 is 1.27 bits per heavy atom. The molecule has 0 saturated carbocycles. The fraction of sp³-hybridized carbons (Fsp3) is 0.421. The highest BCUT2D eigenvalue weighted by atomic mass is 35.5. The van der Waals surface area contributed by atoms with E-state index in [4.69, 9.17) is 5.73 Å². The van der Waals surface area contributed by atoms with Crippen molar-refractivity contribution in [2.24, 2.45) is 5.73 Å². The molecule has 2 unspecified atom stereocenters. The van der Waals surface area contributed by atoms with Crippen LogP contribution in [0, 0.1) is 0 Å². The molecule has 2 heterocycles. The van der Waals surface area contributed by atoms with Crippen molar-refractivity contribution in [2.45, 2.75) is 38.4 Å². The maximum atomic E-state index is 12.2. The van der Waals surface area contributed by atoms with Crippen molar-refractivity contribution in [2.75, 3.05) is 13.1 Å². The number of fused-ring (bicyclic) bond motifs is 1. The van der Waals surface area contributed by atoms with Crippen molar-refractivity contribution >= 4 is 42.1 Å². The molecule has 1 aliphatic rings. The summed E-state index contributed by atoms with van der Waals surface area (Å²) in [6.45, 7) is 4.89.